The molecule has 0 saturated carbocycles. The van der Waals surface area contributed by atoms with Gasteiger partial charge in [0, 0.05) is 40.1 Å². The molecule has 0 atom stereocenters. The molecule has 53 heavy (non-hydrogen) atoms. The van der Waals surface area contributed by atoms with E-state index in [4.69, 9.17) is 9.72 Å². The number of ether oxygens (including phenoxy) is 1. The molecule has 0 N–H and O–H groups in total. The Morgan fingerprint density at radius 2 is 1.30 bits per heavy atom. The van der Waals surface area contributed by atoms with Crippen LogP contribution in [0.25, 0.3) is 60.8 Å². The van der Waals surface area contributed by atoms with Crippen LogP contribution in [0.15, 0.2) is 85.1 Å². The van der Waals surface area contributed by atoms with Gasteiger partial charge >= 0.3 is 21.1 Å². The summed E-state index contributed by atoms with van der Waals surface area (Å²) in [6, 6.07) is 35.0. The average molecular weight is 874 g/mol. The van der Waals surface area contributed by atoms with Crippen molar-refractivity contribution in [1.29, 1.82) is 0 Å². The number of fused-ring (bicyclic) bond motifs is 6. The number of pyridine rings is 1. The molecule has 0 fully saturated rings. The molecule has 0 unspecified atom stereocenters. The maximum atomic E-state index is 6.50. The summed E-state index contributed by atoms with van der Waals surface area (Å²) in [5.74, 6) is 1.98. The van der Waals surface area contributed by atoms with E-state index in [1.54, 1.807) is 4.68 Å². The molecule has 0 aliphatic heterocycles. The molecule has 0 aliphatic rings. The molecule has 4 aromatic heterocycles. The van der Waals surface area contributed by atoms with E-state index in [0.717, 1.165) is 55.9 Å². The Morgan fingerprint density at radius 1 is 0.604 bits per heavy atom. The molecule has 0 bridgehead atoms. The van der Waals surface area contributed by atoms with Gasteiger partial charge < -0.3 is 13.9 Å². The topological polar surface area (TPSA) is 62.7 Å². The zero-order chi connectivity index (χ0) is 36.0. The third-order valence-electron chi connectivity index (χ3n) is 10.4. The molecule has 0 spiro atoms. The summed E-state index contributed by atoms with van der Waals surface area (Å²) >= 11 is 0. The quantitative estimate of drug-likeness (QED) is 0.162. The molecule has 0 amide bonds. The first-order valence-electron chi connectivity index (χ1n) is 17.6. The van der Waals surface area contributed by atoms with Crippen LogP contribution in [0, 0.1) is 67.5 Å². The van der Waals surface area contributed by atoms with Gasteiger partial charge in [-0.1, -0.05) is 59.6 Å². The second-order valence-corrected chi connectivity index (χ2v) is 14.2. The molecule has 0 aliphatic carbocycles. The van der Waals surface area contributed by atoms with Crippen LogP contribution in [0.1, 0.15) is 44.8 Å². The second-order valence-electron chi connectivity index (χ2n) is 14.2. The van der Waals surface area contributed by atoms with E-state index < -0.39 is 0 Å². The molecule has 0 radical (unpaired) electrons. The summed E-state index contributed by atoms with van der Waals surface area (Å²) in [5, 5.41) is 13.4. The molecular weight excluding hydrogens is 836 g/mol. The van der Waals surface area contributed by atoms with Crippen LogP contribution in [-0.2, 0) is 21.1 Å². The normalized spacial score (nSPS) is 11.6. The number of aryl methyl sites for hydroxylation is 7. The van der Waals surface area contributed by atoms with Crippen molar-refractivity contribution in [2.75, 3.05) is 0 Å². The van der Waals surface area contributed by atoms with Crippen LogP contribution >= 0.6 is 0 Å². The van der Waals surface area contributed by atoms with Crippen molar-refractivity contribution in [3.8, 4) is 28.7 Å². The number of aromatic nitrogens is 6. The van der Waals surface area contributed by atoms with Crippen LogP contribution in [0.4, 0.5) is 0 Å². The fourth-order valence-corrected chi connectivity index (χ4v) is 7.76. The van der Waals surface area contributed by atoms with Crippen LogP contribution < -0.4 is 4.74 Å². The third-order valence-corrected chi connectivity index (χ3v) is 10.4. The predicted octanol–water partition coefficient (Wildman–Crippen LogP) is 10.7. The van der Waals surface area contributed by atoms with Gasteiger partial charge in [-0.2, -0.15) is 11.6 Å². The first-order valence-corrected chi connectivity index (χ1v) is 17.6. The number of hydrogen-bond acceptors (Lipinski definition) is 4. The molecule has 264 valence electrons. The van der Waals surface area contributed by atoms with Gasteiger partial charge in [-0.05, 0) is 93.9 Å². The van der Waals surface area contributed by atoms with Gasteiger partial charge in [-0.15, -0.1) is 40.8 Å². The maximum absolute atomic E-state index is 6.50. The van der Waals surface area contributed by atoms with Gasteiger partial charge in [0.1, 0.15) is 5.82 Å². The molecule has 9 aromatic rings. The van der Waals surface area contributed by atoms with E-state index in [2.05, 4.69) is 127 Å². The summed E-state index contributed by atoms with van der Waals surface area (Å²) in [6.45, 7) is 17.0. The predicted molar refractivity (Wildman–Crippen MR) is 210 cm³/mol. The summed E-state index contributed by atoms with van der Waals surface area (Å²) in [4.78, 5) is 5.00. The minimum absolute atomic E-state index is 0. The molecule has 8 heteroatoms. The Hall–Kier alpha value is -5.52. The SMILES string of the molecule is Cc1cc(Oc2[c-]c3c(cc2)c2cc(C)ccc2n3-c2cc(-n3c4c(C)ccc(C)c4c4c(C)ccc(C)c43)ccn2)[c-]c(-n2nnc(C)c2C)c1.[Pt+2]. The largest absolute Gasteiger partial charge is 2.00 e. The molecule has 0 saturated heterocycles. The van der Waals surface area contributed by atoms with Crippen LogP contribution in [-0.4, -0.2) is 29.1 Å². The monoisotopic (exact) mass is 873 g/mol. The number of rotatable bonds is 5. The Kier molecular flexibility index (Phi) is 8.38. The molecule has 7 nitrogen and oxygen atoms in total. The zero-order valence-corrected chi connectivity index (χ0v) is 33.3. The number of hydrogen-bond donors (Lipinski definition) is 0. The van der Waals surface area contributed by atoms with E-state index in [9.17, 15) is 0 Å². The van der Waals surface area contributed by atoms with Crippen molar-refractivity contribution in [1.82, 2.24) is 29.1 Å². The van der Waals surface area contributed by atoms with Crippen LogP contribution in [0.5, 0.6) is 11.5 Å². The smallest absolute Gasteiger partial charge is 0.509 e. The molecule has 9 rings (SSSR count). The second kappa shape index (κ2) is 12.9. The minimum Gasteiger partial charge on any atom is -0.509 e. The molecule has 4 heterocycles. The standard InChI is InChI=1S/C45H38N6O.Pt/c1-25-9-16-39-38(21-25)37-15-14-35(52-36-20-26(2)19-34(22-36)51-32(8)31(7)47-48-51)24-40(37)50(39)41-23-33(17-18-46-41)49-44-29(5)12-10-27(3)42(44)43-28(4)11-13-30(6)45(43)49;/h9-21,23H,1-8H3;/q-2;+2. The fourth-order valence-electron chi connectivity index (χ4n) is 7.76. The molecule has 5 aromatic carbocycles. The number of nitrogens with zero attached hydrogens (tertiary/aromatic N) is 6. The summed E-state index contributed by atoms with van der Waals surface area (Å²) in [6.07, 6.45) is 1.92. The van der Waals surface area contributed by atoms with Gasteiger partial charge in [-0.3, -0.25) is 0 Å². The Balaban J connectivity index is 0.00000400. The van der Waals surface area contributed by atoms with Gasteiger partial charge in [-0.25, -0.2) is 9.67 Å². The van der Waals surface area contributed by atoms with Gasteiger partial charge in [0.05, 0.1) is 28.1 Å². The van der Waals surface area contributed by atoms with Crippen molar-refractivity contribution in [3.05, 3.63) is 142 Å². The third kappa shape index (κ3) is 5.48. The van der Waals surface area contributed by atoms with Crippen LogP contribution in [0.2, 0.25) is 0 Å². The van der Waals surface area contributed by atoms with Crippen molar-refractivity contribution in [2.45, 2.75) is 55.4 Å². The minimum atomic E-state index is 0. The average Bonchev–Trinajstić information content (AvgIpc) is 3.78. The van der Waals surface area contributed by atoms with Gasteiger partial charge in [0.2, 0.25) is 0 Å². The Bertz CT molecular complexity index is 2860. The fraction of sp³-hybridized carbons (Fsp3) is 0.178. The van der Waals surface area contributed by atoms with Crippen molar-refractivity contribution in [3.63, 3.8) is 0 Å². The molecular formula is C45H38N6OPt. The van der Waals surface area contributed by atoms with Gasteiger partial charge in [0.15, 0.2) is 0 Å². The Morgan fingerprint density at radius 3 is 1.98 bits per heavy atom. The first kappa shape index (κ1) is 34.6. The summed E-state index contributed by atoms with van der Waals surface area (Å²) in [5.41, 5.74) is 15.3. The van der Waals surface area contributed by atoms with Gasteiger partial charge in [0.25, 0.3) is 0 Å². The summed E-state index contributed by atoms with van der Waals surface area (Å²) < 4.78 is 12.9. The van der Waals surface area contributed by atoms with Crippen molar-refractivity contribution >= 4 is 43.6 Å². The van der Waals surface area contributed by atoms with E-state index in [1.807, 2.05) is 45.2 Å². The van der Waals surface area contributed by atoms with Crippen LogP contribution in [0.3, 0.4) is 0 Å². The summed E-state index contributed by atoms with van der Waals surface area (Å²) in [7, 11) is 0. The van der Waals surface area contributed by atoms with E-state index in [-0.39, 0.29) is 21.1 Å². The first-order chi connectivity index (χ1) is 25.1. The maximum Gasteiger partial charge on any atom is 2.00 e. The van der Waals surface area contributed by atoms with Crippen molar-refractivity contribution < 1.29 is 25.8 Å². The van der Waals surface area contributed by atoms with E-state index in [1.165, 1.54) is 49.6 Å². The van der Waals surface area contributed by atoms with E-state index in [0.29, 0.717) is 11.5 Å². The van der Waals surface area contributed by atoms with E-state index >= 15 is 0 Å². The zero-order valence-electron chi connectivity index (χ0n) is 31.0. The van der Waals surface area contributed by atoms with Crippen molar-refractivity contribution in [2.24, 2.45) is 0 Å². The Labute approximate surface area is 323 Å². The number of benzene rings is 5.